The number of rotatable bonds is 5. The van der Waals surface area contributed by atoms with Crippen molar-refractivity contribution in [1.82, 2.24) is 4.90 Å². The second kappa shape index (κ2) is 8.19. The maximum Gasteiger partial charge on any atom is 0.147 e. The number of nitrogens with zero attached hydrogens (tertiary/aromatic N) is 3. The lowest BCUT2D eigenvalue weighted by atomic mass is 10.2. The van der Waals surface area contributed by atoms with Gasteiger partial charge in [-0.1, -0.05) is 23.7 Å². The van der Waals surface area contributed by atoms with Crippen molar-refractivity contribution in [2.45, 2.75) is 0 Å². The van der Waals surface area contributed by atoms with Crippen molar-refractivity contribution < 1.29 is 9.13 Å². The first-order chi connectivity index (χ1) is 12.2. The standard InChI is InChI=1S/C19H19ClFN3O/c20-16-3-1-2-4-19(16)25-12-11-23-7-9-24(10-8-23)18-6-5-15(14-22)13-17(18)21/h1-6,13H,7-12H2. The van der Waals surface area contributed by atoms with Crippen LogP contribution in [0.4, 0.5) is 10.1 Å². The fourth-order valence-electron chi connectivity index (χ4n) is 2.89. The summed E-state index contributed by atoms with van der Waals surface area (Å²) in [5, 5.41) is 9.44. The summed E-state index contributed by atoms with van der Waals surface area (Å²) in [6.07, 6.45) is 0. The molecule has 0 bridgehead atoms. The number of hydrogen-bond donors (Lipinski definition) is 0. The average Bonchev–Trinajstić information content (AvgIpc) is 2.64. The summed E-state index contributed by atoms with van der Waals surface area (Å²) >= 11 is 6.07. The smallest absolute Gasteiger partial charge is 0.147 e. The zero-order chi connectivity index (χ0) is 17.6. The fourth-order valence-corrected chi connectivity index (χ4v) is 3.08. The van der Waals surface area contributed by atoms with E-state index in [2.05, 4.69) is 4.90 Å². The van der Waals surface area contributed by atoms with Crippen LogP contribution < -0.4 is 9.64 Å². The van der Waals surface area contributed by atoms with Crippen LogP contribution in [0.15, 0.2) is 42.5 Å². The van der Waals surface area contributed by atoms with Crippen LogP contribution in [0.2, 0.25) is 5.02 Å². The highest BCUT2D eigenvalue weighted by Crippen LogP contribution is 2.24. The summed E-state index contributed by atoms with van der Waals surface area (Å²) in [5.74, 6) is 0.358. The minimum absolute atomic E-state index is 0.338. The van der Waals surface area contributed by atoms with Gasteiger partial charge < -0.3 is 9.64 Å². The molecule has 25 heavy (non-hydrogen) atoms. The molecule has 0 radical (unpaired) electrons. The van der Waals surface area contributed by atoms with Crippen molar-refractivity contribution in [3.05, 3.63) is 58.9 Å². The molecule has 0 aromatic heterocycles. The summed E-state index contributed by atoms with van der Waals surface area (Å²) in [6.45, 7) is 4.53. The average molecular weight is 360 g/mol. The number of nitriles is 1. The first-order valence-corrected chi connectivity index (χ1v) is 8.59. The molecule has 1 heterocycles. The number of benzene rings is 2. The van der Waals surface area contributed by atoms with Gasteiger partial charge in [-0.25, -0.2) is 4.39 Å². The van der Waals surface area contributed by atoms with Crippen molar-refractivity contribution in [1.29, 1.82) is 5.26 Å². The van der Waals surface area contributed by atoms with Gasteiger partial charge in [0.05, 0.1) is 22.3 Å². The van der Waals surface area contributed by atoms with Crippen LogP contribution in [0.3, 0.4) is 0 Å². The molecule has 1 saturated heterocycles. The van der Waals surface area contributed by atoms with Gasteiger partial charge in [0.2, 0.25) is 0 Å². The van der Waals surface area contributed by atoms with Crippen molar-refractivity contribution in [3.8, 4) is 11.8 Å². The normalized spacial score (nSPS) is 15.0. The van der Waals surface area contributed by atoms with Crippen LogP contribution in [0, 0.1) is 17.1 Å². The molecule has 0 amide bonds. The molecule has 130 valence electrons. The Labute approximate surface area is 152 Å². The zero-order valence-corrected chi connectivity index (χ0v) is 14.5. The molecule has 1 fully saturated rings. The molecule has 2 aromatic rings. The highest BCUT2D eigenvalue weighted by atomic mass is 35.5. The number of anilines is 1. The first-order valence-electron chi connectivity index (χ1n) is 8.21. The molecule has 0 saturated carbocycles. The Bertz CT molecular complexity index is 770. The second-order valence-corrected chi connectivity index (χ2v) is 6.29. The summed E-state index contributed by atoms with van der Waals surface area (Å²) in [6, 6.07) is 14.0. The third-order valence-corrected chi connectivity index (χ3v) is 4.60. The number of ether oxygens (including phenoxy) is 1. The number of piperazine rings is 1. The van der Waals surface area contributed by atoms with Crippen LogP contribution >= 0.6 is 11.6 Å². The molecular weight excluding hydrogens is 341 g/mol. The number of para-hydroxylation sites is 1. The van der Waals surface area contributed by atoms with Crippen molar-refractivity contribution in [2.75, 3.05) is 44.2 Å². The van der Waals surface area contributed by atoms with E-state index in [1.807, 2.05) is 35.2 Å². The summed E-state index contributed by atoms with van der Waals surface area (Å²) < 4.78 is 19.8. The molecule has 0 aliphatic carbocycles. The molecule has 4 nitrogen and oxygen atoms in total. The summed E-state index contributed by atoms with van der Waals surface area (Å²) in [4.78, 5) is 4.30. The van der Waals surface area contributed by atoms with Gasteiger partial charge in [-0.05, 0) is 30.3 Å². The quantitative estimate of drug-likeness (QED) is 0.818. The fraction of sp³-hybridized carbons (Fsp3) is 0.316. The highest BCUT2D eigenvalue weighted by molar-refractivity contribution is 6.32. The van der Waals surface area contributed by atoms with E-state index < -0.39 is 0 Å². The Morgan fingerprint density at radius 3 is 2.56 bits per heavy atom. The van der Waals surface area contributed by atoms with Crippen LogP contribution in [-0.4, -0.2) is 44.2 Å². The van der Waals surface area contributed by atoms with E-state index >= 15 is 0 Å². The van der Waals surface area contributed by atoms with Gasteiger partial charge in [0.15, 0.2) is 0 Å². The van der Waals surface area contributed by atoms with Crippen LogP contribution in [-0.2, 0) is 0 Å². The van der Waals surface area contributed by atoms with Gasteiger partial charge in [-0.15, -0.1) is 0 Å². The lowest BCUT2D eigenvalue weighted by Gasteiger charge is -2.36. The lowest BCUT2D eigenvalue weighted by Crippen LogP contribution is -2.47. The van der Waals surface area contributed by atoms with Gasteiger partial charge in [-0.3, -0.25) is 4.90 Å². The van der Waals surface area contributed by atoms with Crippen molar-refractivity contribution >= 4 is 17.3 Å². The van der Waals surface area contributed by atoms with E-state index in [9.17, 15) is 4.39 Å². The Balaban J connectivity index is 1.47. The van der Waals surface area contributed by atoms with E-state index in [0.29, 0.717) is 28.6 Å². The third-order valence-electron chi connectivity index (χ3n) is 4.29. The monoisotopic (exact) mass is 359 g/mol. The first kappa shape index (κ1) is 17.5. The molecule has 0 spiro atoms. The molecule has 0 unspecified atom stereocenters. The molecule has 0 atom stereocenters. The topological polar surface area (TPSA) is 39.5 Å². The predicted molar refractivity (Wildman–Crippen MR) is 96.7 cm³/mol. The lowest BCUT2D eigenvalue weighted by molar-refractivity contribution is 0.200. The Hall–Kier alpha value is -2.29. The van der Waals surface area contributed by atoms with E-state index in [1.165, 1.54) is 6.07 Å². The number of halogens is 2. The molecule has 6 heteroatoms. The second-order valence-electron chi connectivity index (χ2n) is 5.89. The summed E-state index contributed by atoms with van der Waals surface area (Å²) in [7, 11) is 0. The SMILES string of the molecule is N#Cc1ccc(N2CCN(CCOc3ccccc3Cl)CC2)c(F)c1. The molecule has 0 N–H and O–H groups in total. The molecule has 1 aliphatic rings. The Kier molecular flexibility index (Phi) is 5.75. The van der Waals surface area contributed by atoms with Crippen molar-refractivity contribution in [3.63, 3.8) is 0 Å². The molecular formula is C19H19ClFN3O. The van der Waals surface area contributed by atoms with Gasteiger partial charge in [-0.2, -0.15) is 5.26 Å². The maximum absolute atomic E-state index is 14.1. The van der Waals surface area contributed by atoms with E-state index in [0.717, 1.165) is 32.7 Å². The Morgan fingerprint density at radius 1 is 1.12 bits per heavy atom. The van der Waals surface area contributed by atoms with Gasteiger partial charge >= 0.3 is 0 Å². The Morgan fingerprint density at radius 2 is 1.88 bits per heavy atom. The minimum atomic E-state index is -0.338. The van der Waals surface area contributed by atoms with E-state index in [1.54, 1.807) is 12.1 Å². The van der Waals surface area contributed by atoms with E-state index in [4.69, 9.17) is 21.6 Å². The minimum Gasteiger partial charge on any atom is -0.491 e. The summed E-state index contributed by atoms with van der Waals surface area (Å²) in [5.41, 5.74) is 0.905. The largest absolute Gasteiger partial charge is 0.491 e. The molecule has 3 rings (SSSR count). The maximum atomic E-state index is 14.1. The number of hydrogen-bond acceptors (Lipinski definition) is 4. The molecule has 2 aromatic carbocycles. The highest BCUT2D eigenvalue weighted by Gasteiger charge is 2.19. The van der Waals surface area contributed by atoms with E-state index in [-0.39, 0.29) is 5.82 Å². The van der Waals surface area contributed by atoms with Gasteiger partial charge in [0, 0.05) is 32.7 Å². The van der Waals surface area contributed by atoms with Crippen LogP contribution in [0.5, 0.6) is 5.75 Å². The third kappa shape index (κ3) is 4.41. The molecule has 1 aliphatic heterocycles. The predicted octanol–water partition coefficient (Wildman–Crippen LogP) is 3.55. The van der Waals surface area contributed by atoms with Crippen LogP contribution in [0.25, 0.3) is 0 Å². The zero-order valence-electron chi connectivity index (χ0n) is 13.8. The van der Waals surface area contributed by atoms with Crippen LogP contribution in [0.1, 0.15) is 5.56 Å². The van der Waals surface area contributed by atoms with Crippen molar-refractivity contribution in [2.24, 2.45) is 0 Å². The van der Waals surface area contributed by atoms with Gasteiger partial charge in [0.1, 0.15) is 18.2 Å². The van der Waals surface area contributed by atoms with Gasteiger partial charge in [0.25, 0.3) is 0 Å².